The largest absolute Gasteiger partial charge is 0.489 e. The van der Waals surface area contributed by atoms with Crippen LogP contribution < -0.4 is 20.1 Å². The smallest absolute Gasteiger partial charge is 0.322 e. The fourth-order valence-electron chi connectivity index (χ4n) is 5.17. The van der Waals surface area contributed by atoms with Crippen molar-refractivity contribution >= 4 is 32.9 Å². The molecule has 2 aliphatic rings. The molecule has 188 valence electrons. The minimum Gasteiger partial charge on any atom is -0.489 e. The molecule has 5 rings (SSSR count). The number of urea groups is 1. The van der Waals surface area contributed by atoms with Crippen molar-refractivity contribution in [3.05, 3.63) is 65.9 Å². The van der Waals surface area contributed by atoms with Gasteiger partial charge in [0.05, 0.1) is 10.4 Å². The van der Waals surface area contributed by atoms with Gasteiger partial charge in [-0.25, -0.2) is 17.9 Å². The van der Waals surface area contributed by atoms with E-state index in [1.165, 1.54) is 12.1 Å². The topological polar surface area (TPSA) is 126 Å². The standard InChI is InChI=1S/C26H28N4O5S/c1-17-14-18(22-7-2-3-8-23(22)28-17)16-35-20-9-11-21(12-10-20)36(33,34)27-15-19-6-4-5-13-26(19)24(31)29-25(32)30-26/h2-3,7-12,14,19,27H,4-6,13,15-16H2,1H3,(H2,29,30,31,32)/t19-,26+/m0/s1. The van der Waals surface area contributed by atoms with Crippen molar-refractivity contribution in [1.29, 1.82) is 0 Å². The lowest BCUT2D eigenvalue weighted by molar-refractivity contribution is -0.127. The Kier molecular flexibility index (Phi) is 6.40. The maximum absolute atomic E-state index is 13.0. The van der Waals surface area contributed by atoms with Crippen molar-refractivity contribution in [2.45, 2.75) is 49.6 Å². The van der Waals surface area contributed by atoms with Gasteiger partial charge < -0.3 is 10.1 Å². The molecule has 0 bridgehead atoms. The molecule has 1 aliphatic carbocycles. The van der Waals surface area contributed by atoms with Crippen LogP contribution in [0.3, 0.4) is 0 Å². The number of sulfonamides is 1. The monoisotopic (exact) mass is 508 g/mol. The van der Waals surface area contributed by atoms with E-state index in [-0.39, 0.29) is 23.3 Å². The molecule has 1 saturated carbocycles. The molecule has 3 amide bonds. The Morgan fingerprint density at radius 2 is 1.89 bits per heavy atom. The van der Waals surface area contributed by atoms with Crippen molar-refractivity contribution < 1.29 is 22.7 Å². The van der Waals surface area contributed by atoms with Gasteiger partial charge in [-0.15, -0.1) is 0 Å². The van der Waals surface area contributed by atoms with E-state index in [0.29, 0.717) is 25.2 Å². The molecule has 3 aromatic rings. The minimum atomic E-state index is -3.81. The maximum Gasteiger partial charge on any atom is 0.322 e. The highest BCUT2D eigenvalue weighted by Gasteiger charge is 2.52. The Labute approximate surface area is 209 Å². The summed E-state index contributed by atoms with van der Waals surface area (Å²) in [4.78, 5) is 28.9. The van der Waals surface area contributed by atoms with Crippen LogP contribution in [0.2, 0.25) is 0 Å². The highest BCUT2D eigenvalue weighted by Crippen LogP contribution is 2.36. The highest BCUT2D eigenvalue weighted by atomic mass is 32.2. The first-order valence-electron chi connectivity index (χ1n) is 12.0. The molecule has 1 aliphatic heterocycles. The molecule has 2 aromatic carbocycles. The summed E-state index contributed by atoms with van der Waals surface area (Å²) in [6.07, 6.45) is 2.81. The molecule has 1 spiro atoms. The number of carbonyl (C=O) groups is 2. The summed E-state index contributed by atoms with van der Waals surface area (Å²) < 4.78 is 34.5. The lowest BCUT2D eigenvalue weighted by atomic mass is 9.72. The second kappa shape index (κ2) is 9.51. The van der Waals surface area contributed by atoms with Crippen LogP contribution in [0.5, 0.6) is 5.75 Å². The molecule has 2 heterocycles. The van der Waals surface area contributed by atoms with Crippen LogP contribution >= 0.6 is 0 Å². The van der Waals surface area contributed by atoms with Crippen molar-refractivity contribution in [1.82, 2.24) is 20.3 Å². The fraction of sp³-hybridized carbons (Fsp3) is 0.346. The molecule has 2 atom stereocenters. The molecule has 0 unspecified atom stereocenters. The van der Waals surface area contributed by atoms with Crippen LogP contribution in [-0.2, 0) is 21.4 Å². The number of pyridine rings is 1. The number of hydrogen-bond donors (Lipinski definition) is 3. The first-order valence-corrected chi connectivity index (χ1v) is 13.5. The van der Waals surface area contributed by atoms with Crippen molar-refractivity contribution in [3.63, 3.8) is 0 Å². The quantitative estimate of drug-likeness (QED) is 0.421. The Morgan fingerprint density at radius 1 is 1.11 bits per heavy atom. The molecule has 36 heavy (non-hydrogen) atoms. The number of rotatable bonds is 7. The number of hydrogen-bond acceptors (Lipinski definition) is 6. The molecular formula is C26H28N4O5S. The summed E-state index contributed by atoms with van der Waals surface area (Å²) in [5, 5.41) is 6.05. The number of aromatic nitrogens is 1. The van der Waals surface area contributed by atoms with Crippen LogP contribution in [0.4, 0.5) is 4.79 Å². The number of para-hydroxylation sites is 1. The van der Waals surface area contributed by atoms with Gasteiger partial charge in [-0.2, -0.15) is 0 Å². The van der Waals surface area contributed by atoms with E-state index in [1.807, 2.05) is 37.3 Å². The number of nitrogens with one attached hydrogen (secondary N) is 3. The van der Waals surface area contributed by atoms with E-state index in [0.717, 1.165) is 35.0 Å². The second-order valence-corrected chi connectivity index (χ2v) is 11.1. The second-order valence-electron chi connectivity index (χ2n) is 9.37. The lowest BCUT2D eigenvalue weighted by Gasteiger charge is -2.38. The Balaban J connectivity index is 1.25. The number of amides is 3. The lowest BCUT2D eigenvalue weighted by Crippen LogP contribution is -2.57. The van der Waals surface area contributed by atoms with Gasteiger partial charge in [-0.1, -0.05) is 31.0 Å². The molecule has 2 fully saturated rings. The first-order chi connectivity index (χ1) is 17.3. The van der Waals surface area contributed by atoms with Gasteiger partial charge in [0.2, 0.25) is 10.0 Å². The zero-order valence-electron chi connectivity index (χ0n) is 19.9. The predicted molar refractivity (Wildman–Crippen MR) is 134 cm³/mol. The minimum absolute atomic E-state index is 0.0583. The van der Waals surface area contributed by atoms with Gasteiger partial charge in [-0.3, -0.25) is 15.1 Å². The van der Waals surface area contributed by atoms with E-state index in [4.69, 9.17) is 4.74 Å². The molecule has 9 nitrogen and oxygen atoms in total. The average Bonchev–Trinajstić information content (AvgIpc) is 3.14. The third-order valence-corrected chi connectivity index (χ3v) is 8.46. The van der Waals surface area contributed by atoms with Gasteiger partial charge in [0.1, 0.15) is 17.9 Å². The normalized spacial score (nSPS) is 22.0. The SMILES string of the molecule is Cc1cc(COc2ccc(S(=O)(=O)NC[C@@H]3CCCC[C@@]34NC(=O)NC4=O)cc2)c2ccccc2n1. The first kappa shape index (κ1) is 24.2. The van der Waals surface area contributed by atoms with E-state index >= 15 is 0 Å². The highest BCUT2D eigenvalue weighted by molar-refractivity contribution is 7.89. The maximum atomic E-state index is 13.0. The zero-order chi connectivity index (χ0) is 25.3. The summed E-state index contributed by atoms with van der Waals surface area (Å²) in [5.74, 6) is -0.159. The van der Waals surface area contributed by atoms with E-state index < -0.39 is 21.6 Å². The van der Waals surface area contributed by atoms with Crippen LogP contribution in [0.15, 0.2) is 59.5 Å². The van der Waals surface area contributed by atoms with Gasteiger partial charge in [0.15, 0.2) is 0 Å². The summed E-state index contributed by atoms with van der Waals surface area (Å²) in [6.45, 7) is 2.32. The molecule has 0 radical (unpaired) electrons. The van der Waals surface area contributed by atoms with Crippen molar-refractivity contribution in [2.75, 3.05) is 6.54 Å². The molecule has 3 N–H and O–H groups in total. The molecule has 1 saturated heterocycles. The van der Waals surface area contributed by atoms with Crippen molar-refractivity contribution in [3.8, 4) is 5.75 Å². The molecule has 1 aromatic heterocycles. The third kappa shape index (κ3) is 4.66. The number of aryl methyl sites for hydroxylation is 1. The Morgan fingerprint density at radius 3 is 2.64 bits per heavy atom. The van der Waals surface area contributed by atoms with Crippen LogP contribution in [0.25, 0.3) is 10.9 Å². The zero-order valence-corrected chi connectivity index (χ0v) is 20.7. The van der Waals surface area contributed by atoms with Crippen molar-refractivity contribution in [2.24, 2.45) is 5.92 Å². The van der Waals surface area contributed by atoms with Gasteiger partial charge in [0, 0.05) is 29.1 Å². The van der Waals surface area contributed by atoms with E-state index in [1.54, 1.807) is 12.1 Å². The Hall–Kier alpha value is -3.50. The number of fused-ring (bicyclic) bond motifs is 1. The Bertz CT molecular complexity index is 1420. The number of nitrogens with zero attached hydrogens (tertiary/aromatic N) is 1. The van der Waals surface area contributed by atoms with Gasteiger partial charge in [-0.05, 0) is 56.2 Å². The van der Waals surface area contributed by atoms with Crippen LogP contribution in [-0.4, -0.2) is 37.4 Å². The average molecular weight is 509 g/mol. The van der Waals surface area contributed by atoms with Gasteiger partial charge in [0.25, 0.3) is 5.91 Å². The third-order valence-electron chi connectivity index (χ3n) is 7.02. The van der Waals surface area contributed by atoms with Crippen LogP contribution in [0.1, 0.15) is 36.9 Å². The van der Waals surface area contributed by atoms with Crippen LogP contribution in [0, 0.1) is 12.8 Å². The predicted octanol–water partition coefficient (Wildman–Crippen LogP) is 3.17. The molecular weight excluding hydrogens is 480 g/mol. The number of carbonyl (C=O) groups excluding carboxylic acids is 2. The van der Waals surface area contributed by atoms with Gasteiger partial charge >= 0.3 is 6.03 Å². The number of imide groups is 1. The van der Waals surface area contributed by atoms with E-state index in [2.05, 4.69) is 20.3 Å². The summed E-state index contributed by atoms with van der Waals surface area (Å²) >= 11 is 0. The number of ether oxygens (including phenoxy) is 1. The molecule has 10 heteroatoms. The van der Waals surface area contributed by atoms with E-state index in [9.17, 15) is 18.0 Å². The number of benzene rings is 2. The summed E-state index contributed by atoms with van der Waals surface area (Å²) in [5.41, 5.74) is 1.75. The fourth-order valence-corrected chi connectivity index (χ4v) is 6.26. The summed E-state index contributed by atoms with van der Waals surface area (Å²) in [7, 11) is -3.81. The summed E-state index contributed by atoms with van der Waals surface area (Å²) in [6, 6.07) is 15.5.